The molecule has 0 aromatic heterocycles. The molecule has 0 spiro atoms. The molecule has 4 nitrogen and oxygen atoms in total. The van der Waals surface area contributed by atoms with E-state index < -0.39 is 17.7 Å². The van der Waals surface area contributed by atoms with Crippen molar-refractivity contribution in [1.82, 2.24) is 0 Å². The molecule has 3 aromatic rings. The van der Waals surface area contributed by atoms with Gasteiger partial charge in [0.15, 0.2) is 11.7 Å². The molecule has 0 aliphatic carbocycles. The number of ether oxygens (including phenoxy) is 2. The van der Waals surface area contributed by atoms with Crippen LogP contribution in [-0.4, -0.2) is 24.3 Å². The third kappa shape index (κ3) is 3.92. The second-order valence-corrected chi connectivity index (χ2v) is 6.17. The minimum atomic E-state index is -1.53. The van der Waals surface area contributed by atoms with E-state index in [1.54, 1.807) is 0 Å². The van der Waals surface area contributed by atoms with Gasteiger partial charge in [0.05, 0.1) is 13.7 Å². The van der Waals surface area contributed by atoms with Gasteiger partial charge in [0.2, 0.25) is 0 Å². The summed E-state index contributed by atoms with van der Waals surface area (Å²) in [5.74, 6) is -0.754. The number of aliphatic hydroxyl groups excluding tert-OH is 1. The molecule has 3 rings (SSSR count). The first-order valence-electron chi connectivity index (χ1n) is 8.73. The Morgan fingerprint density at radius 3 is 1.74 bits per heavy atom. The fourth-order valence-electron chi connectivity index (χ4n) is 3.15. The topological polar surface area (TPSA) is 55.8 Å². The zero-order valence-corrected chi connectivity index (χ0v) is 15.1. The number of hydrogen-bond acceptors (Lipinski definition) is 4. The number of aliphatic hydroxyl groups is 1. The highest BCUT2D eigenvalue weighted by Gasteiger charge is 2.47. The average Bonchev–Trinajstić information content (AvgIpc) is 2.75. The van der Waals surface area contributed by atoms with E-state index in [0.29, 0.717) is 11.1 Å². The zero-order chi connectivity index (χ0) is 19.1. The van der Waals surface area contributed by atoms with Gasteiger partial charge in [-0.05, 0) is 16.7 Å². The molecule has 0 unspecified atom stereocenters. The Balaban J connectivity index is 2.13. The van der Waals surface area contributed by atoms with Gasteiger partial charge >= 0.3 is 5.97 Å². The fourth-order valence-corrected chi connectivity index (χ4v) is 3.15. The molecular weight excluding hydrogens is 340 g/mol. The SMILES string of the molecule is COC(=O)[C@@H](O)C(OCc1ccccc1)(c1ccccc1)c1ccccc1. The van der Waals surface area contributed by atoms with Gasteiger partial charge in [-0.1, -0.05) is 91.0 Å². The van der Waals surface area contributed by atoms with E-state index in [4.69, 9.17) is 9.47 Å². The Labute approximate surface area is 159 Å². The average molecular weight is 362 g/mol. The molecular formula is C23H22O4. The van der Waals surface area contributed by atoms with Crippen molar-refractivity contribution in [1.29, 1.82) is 0 Å². The summed E-state index contributed by atoms with van der Waals surface area (Å²) < 4.78 is 11.2. The van der Waals surface area contributed by atoms with Crippen LogP contribution in [-0.2, 0) is 26.5 Å². The van der Waals surface area contributed by atoms with Crippen LogP contribution in [0, 0.1) is 0 Å². The molecule has 4 heteroatoms. The maximum atomic E-state index is 12.4. The minimum absolute atomic E-state index is 0.221. The van der Waals surface area contributed by atoms with Crippen molar-refractivity contribution in [2.75, 3.05) is 7.11 Å². The van der Waals surface area contributed by atoms with Gasteiger partial charge in [0.25, 0.3) is 0 Å². The molecule has 1 N–H and O–H groups in total. The van der Waals surface area contributed by atoms with Crippen LogP contribution in [0.3, 0.4) is 0 Å². The van der Waals surface area contributed by atoms with Crippen molar-refractivity contribution >= 4 is 5.97 Å². The molecule has 0 fully saturated rings. The van der Waals surface area contributed by atoms with Crippen molar-refractivity contribution in [2.24, 2.45) is 0 Å². The summed E-state index contributed by atoms with van der Waals surface area (Å²) in [6.45, 7) is 0.221. The number of carbonyl (C=O) groups excluding carboxylic acids is 1. The Bertz CT molecular complexity index is 808. The van der Waals surface area contributed by atoms with Crippen LogP contribution < -0.4 is 0 Å². The van der Waals surface area contributed by atoms with E-state index in [0.717, 1.165) is 5.56 Å². The predicted molar refractivity (Wildman–Crippen MR) is 103 cm³/mol. The number of methoxy groups -OCH3 is 1. The summed E-state index contributed by atoms with van der Waals surface area (Å²) in [5, 5.41) is 11.0. The molecule has 0 aliphatic rings. The third-order valence-corrected chi connectivity index (χ3v) is 4.52. The van der Waals surface area contributed by atoms with Crippen LogP contribution in [0.25, 0.3) is 0 Å². The van der Waals surface area contributed by atoms with Crippen LogP contribution in [0.1, 0.15) is 16.7 Å². The van der Waals surface area contributed by atoms with Gasteiger partial charge in [-0.15, -0.1) is 0 Å². The summed E-state index contributed by atoms with van der Waals surface area (Å²) in [7, 11) is 1.25. The van der Waals surface area contributed by atoms with Crippen molar-refractivity contribution in [3.8, 4) is 0 Å². The van der Waals surface area contributed by atoms with Gasteiger partial charge in [0, 0.05) is 0 Å². The number of rotatable bonds is 7. The quantitative estimate of drug-likeness (QED) is 0.652. The largest absolute Gasteiger partial charge is 0.467 e. The molecule has 0 saturated carbocycles. The normalized spacial score (nSPS) is 12.4. The first kappa shape index (κ1) is 18.8. The molecule has 3 aromatic carbocycles. The lowest BCUT2D eigenvalue weighted by atomic mass is 9.81. The van der Waals surface area contributed by atoms with Crippen molar-refractivity contribution in [3.63, 3.8) is 0 Å². The Hall–Kier alpha value is -2.95. The highest BCUT2D eigenvalue weighted by molar-refractivity contribution is 5.77. The Kier molecular flexibility index (Phi) is 6.01. The number of esters is 1. The molecule has 0 heterocycles. The number of carbonyl (C=O) groups is 1. The van der Waals surface area contributed by atoms with Crippen LogP contribution >= 0.6 is 0 Å². The molecule has 0 amide bonds. The summed E-state index contributed by atoms with van der Waals surface area (Å²) in [4.78, 5) is 12.4. The maximum Gasteiger partial charge on any atom is 0.338 e. The zero-order valence-electron chi connectivity index (χ0n) is 15.1. The summed E-state index contributed by atoms with van der Waals surface area (Å²) >= 11 is 0. The lowest BCUT2D eigenvalue weighted by molar-refractivity contribution is -0.172. The number of benzene rings is 3. The van der Waals surface area contributed by atoms with E-state index in [2.05, 4.69) is 0 Å². The van der Waals surface area contributed by atoms with E-state index in [-0.39, 0.29) is 6.61 Å². The lowest BCUT2D eigenvalue weighted by Crippen LogP contribution is -2.48. The van der Waals surface area contributed by atoms with E-state index in [1.165, 1.54) is 7.11 Å². The van der Waals surface area contributed by atoms with E-state index >= 15 is 0 Å². The monoisotopic (exact) mass is 362 g/mol. The van der Waals surface area contributed by atoms with Gasteiger partial charge < -0.3 is 14.6 Å². The summed E-state index contributed by atoms with van der Waals surface area (Å²) in [6.07, 6.45) is -1.53. The predicted octanol–water partition coefficient (Wildman–Crippen LogP) is 3.68. The van der Waals surface area contributed by atoms with E-state index in [9.17, 15) is 9.90 Å². The number of hydrogen-bond donors (Lipinski definition) is 1. The highest BCUT2D eigenvalue weighted by Crippen LogP contribution is 2.38. The minimum Gasteiger partial charge on any atom is -0.467 e. The van der Waals surface area contributed by atoms with Crippen LogP contribution in [0.15, 0.2) is 91.0 Å². The first-order chi connectivity index (χ1) is 13.2. The first-order valence-corrected chi connectivity index (χ1v) is 8.73. The summed E-state index contributed by atoms with van der Waals surface area (Å²) in [6, 6.07) is 28.1. The molecule has 0 bridgehead atoms. The molecule has 0 radical (unpaired) electrons. The van der Waals surface area contributed by atoms with Gasteiger partial charge in [-0.3, -0.25) is 0 Å². The highest BCUT2D eigenvalue weighted by atomic mass is 16.6. The molecule has 0 aliphatic heterocycles. The van der Waals surface area contributed by atoms with Crippen LogP contribution in [0.4, 0.5) is 0 Å². The second-order valence-electron chi connectivity index (χ2n) is 6.17. The van der Waals surface area contributed by atoms with E-state index in [1.807, 2.05) is 91.0 Å². The van der Waals surface area contributed by atoms with Crippen LogP contribution in [0.2, 0.25) is 0 Å². The van der Waals surface area contributed by atoms with Gasteiger partial charge in [-0.25, -0.2) is 4.79 Å². The third-order valence-electron chi connectivity index (χ3n) is 4.52. The van der Waals surface area contributed by atoms with Crippen molar-refractivity contribution in [3.05, 3.63) is 108 Å². The molecule has 1 atom stereocenters. The lowest BCUT2D eigenvalue weighted by Gasteiger charge is -2.37. The molecule has 0 saturated heterocycles. The smallest absolute Gasteiger partial charge is 0.338 e. The Morgan fingerprint density at radius 1 is 0.852 bits per heavy atom. The maximum absolute atomic E-state index is 12.4. The standard InChI is InChI=1S/C23H22O4/c1-26-22(25)21(24)23(19-13-7-3-8-14-19,20-15-9-4-10-16-20)27-17-18-11-5-2-6-12-18/h2-16,21,24H,17H2,1H3/t21-/m1/s1. The Morgan fingerprint density at radius 2 is 1.30 bits per heavy atom. The molecule has 138 valence electrons. The van der Waals surface area contributed by atoms with Crippen molar-refractivity contribution in [2.45, 2.75) is 18.3 Å². The summed E-state index contributed by atoms with van der Waals surface area (Å²) in [5.41, 5.74) is 0.881. The van der Waals surface area contributed by atoms with Gasteiger partial charge in [0.1, 0.15) is 0 Å². The van der Waals surface area contributed by atoms with Gasteiger partial charge in [-0.2, -0.15) is 0 Å². The molecule has 27 heavy (non-hydrogen) atoms. The second kappa shape index (κ2) is 8.62. The van der Waals surface area contributed by atoms with Crippen LogP contribution in [0.5, 0.6) is 0 Å². The van der Waals surface area contributed by atoms with Crippen molar-refractivity contribution < 1.29 is 19.4 Å². The fraction of sp³-hybridized carbons (Fsp3) is 0.174.